The number of rotatable bonds is 0. The van der Waals surface area contributed by atoms with Crippen molar-refractivity contribution in [3.63, 3.8) is 0 Å². The Morgan fingerprint density at radius 2 is 1.22 bits per heavy atom. The van der Waals surface area contributed by atoms with Crippen LogP contribution in [-0.4, -0.2) is 0 Å². The summed E-state index contributed by atoms with van der Waals surface area (Å²) < 4.78 is 0. The zero-order valence-corrected chi connectivity index (χ0v) is 7.72. The predicted molar refractivity (Wildman–Crippen MR) is 25.3 cm³/mol. The van der Waals surface area contributed by atoms with E-state index in [9.17, 15) is 0 Å². The normalized spacial score (nSPS) is 5.33. The van der Waals surface area contributed by atoms with Gasteiger partial charge in [0.25, 0.3) is 0 Å². The van der Waals surface area contributed by atoms with E-state index in [1.165, 1.54) is 0 Å². The zero-order chi connectivity index (χ0) is 4.24. The number of benzene rings is 1. The van der Waals surface area contributed by atoms with Gasteiger partial charge in [-0.05, 0) is 0 Å². The Hall–Kier alpha value is 0.514. The molecule has 1 rings (SSSR count). The van der Waals surface area contributed by atoms with Gasteiger partial charge in [-0.2, -0.15) is 36.4 Å². The van der Waals surface area contributed by atoms with Crippen molar-refractivity contribution in [3.8, 4) is 0 Å². The first-order valence-corrected chi connectivity index (χ1v) is 1.91. The van der Waals surface area contributed by atoms with Crippen LogP contribution in [0.25, 0.3) is 0 Å². The van der Waals surface area contributed by atoms with E-state index < -0.39 is 0 Å². The van der Waals surface area contributed by atoms with Gasteiger partial charge >= 0.3 is 21.7 Å². The molecule has 1 aromatic rings. The van der Waals surface area contributed by atoms with E-state index in [-0.39, 0.29) is 46.5 Å². The topological polar surface area (TPSA) is 0 Å². The average Bonchev–Trinajstić information content (AvgIpc) is 1.72. The quantitative estimate of drug-likeness (QED) is 0.289. The molecule has 0 aliphatic rings. The molecular weight excluding hydrogens is 191 g/mol. The van der Waals surface area contributed by atoms with Crippen LogP contribution in [0.3, 0.4) is 0 Å². The molecule has 0 heterocycles. The van der Waals surface area contributed by atoms with Crippen LogP contribution in [0.5, 0.6) is 0 Å². The summed E-state index contributed by atoms with van der Waals surface area (Å²) in [6.45, 7) is 0. The van der Waals surface area contributed by atoms with Crippen molar-refractivity contribution >= 4 is 0 Å². The van der Waals surface area contributed by atoms with E-state index in [0.29, 0.717) is 0 Å². The number of halogens is 2. The van der Waals surface area contributed by atoms with Gasteiger partial charge in [-0.25, -0.2) is 0 Å². The van der Waals surface area contributed by atoms with Gasteiger partial charge in [-0.1, -0.05) is 0 Å². The van der Waals surface area contributed by atoms with Crippen molar-refractivity contribution in [2.45, 2.75) is 0 Å². The van der Waals surface area contributed by atoms with E-state index in [4.69, 9.17) is 0 Å². The maximum atomic E-state index is 2.89. The molecular formula is C6H5Cl2Ti. The molecule has 0 aliphatic carbocycles. The molecule has 3 heteroatoms. The largest absolute Gasteiger partial charge is 3.00 e. The minimum Gasteiger partial charge on any atom is -1.00 e. The van der Waals surface area contributed by atoms with Crippen LogP contribution in [0.2, 0.25) is 0 Å². The Kier molecular flexibility index (Phi) is 20.5. The molecule has 0 saturated carbocycles. The van der Waals surface area contributed by atoms with Gasteiger partial charge in [0.15, 0.2) is 0 Å². The van der Waals surface area contributed by atoms with Crippen LogP contribution < -0.4 is 24.8 Å². The molecule has 0 aromatic heterocycles. The zero-order valence-electron chi connectivity index (χ0n) is 4.64. The minimum absolute atomic E-state index is 0. The molecule has 47 valence electrons. The molecule has 0 nitrogen and oxygen atoms in total. The van der Waals surface area contributed by atoms with Crippen LogP contribution >= 0.6 is 0 Å². The molecule has 1 aromatic carbocycles. The van der Waals surface area contributed by atoms with Crippen molar-refractivity contribution in [1.82, 2.24) is 0 Å². The van der Waals surface area contributed by atoms with Gasteiger partial charge in [0.05, 0.1) is 0 Å². The second kappa shape index (κ2) is 11.3. The standard InChI is InChI=1S/C6H5.2ClH.Ti/c1-2-4-6-5-3-1;;;/h1-5H;2*1H;/q-1;;;+3/p-2. The van der Waals surface area contributed by atoms with Gasteiger partial charge in [-0.3, -0.25) is 0 Å². The van der Waals surface area contributed by atoms with Crippen LogP contribution in [0, 0.1) is 6.07 Å². The molecule has 9 heavy (non-hydrogen) atoms. The fourth-order valence-corrected chi connectivity index (χ4v) is 0.342. The summed E-state index contributed by atoms with van der Waals surface area (Å²) in [5.74, 6) is 0. The smallest absolute Gasteiger partial charge is 1.00 e. The summed E-state index contributed by atoms with van der Waals surface area (Å²) in [5, 5.41) is 0. The Labute approximate surface area is 82.7 Å². The maximum Gasteiger partial charge on any atom is 3.00 e. The molecule has 0 N–H and O–H groups in total. The molecule has 0 aliphatic heterocycles. The third-order valence-corrected chi connectivity index (χ3v) is 0.607. The first kappa shape index (κ1) is 16.3. The number of hydrogen-bond acceptors (Lipinski definition) is 0. The van der Waals surface area contributed by atoms with Crippen LogP contribution in [0.4, 0.5) is 0 Å². The molecule has 0 bridgehead atoms. The van der Waals surface area contributed by atoms with Crippen LogP contribution in [-0.2, 0) is 21.7 Å². The minimum atomic E-state index is 0. The van der Waals surface area contributed by atoms with Crippen LogP contribution in [0.15, 0.2) is 30.3 Å². The summed E-state index contributed by atoms with van der Waals surface area (Å²) in [7, 11) is 0. The van der Waals surface area contributed by atoms with Gasteiger partial charge in [0.1, 0.15) is 0 Å². The first-order chi connectivity index (χ1) is 3.00. The van der Waals surface area contributed by atoms with Crippen molar-refractivity contribution in [1.29, 1.82) is 0 Å². The number of hydrogen-bond donors (Lipinski definition) is 0. The van der Waals surface area contributed by atoms with Crippen molar-refractivity contribution in [3.05, 3.63) is 36.4 Å². The molecule has 0 amide bonds. The van der Waals surface area contributed by atoms with E-state index in [1.54, 1.807) is 0 Å². The van der Waals surface area contributed by atoms with Gasteiger partial charge in [-0.15, -0.1) is 0 Å². The van der Waals surface area contributed by atoms with Crippen molar-refractivity contribution in [2.75, 3.05) is 0 Å². The average molecular weight is 196 g/mol. The molecule has 0 atom stereocenters. The molecule has 0 fully saturated rings. The summed E-state index contributed by atoms with van der Waals surface area (Å²) in [6.07, 6.45) is 0. The fraction of sp³-hybridized carbons (Fsp3) is 0. The third-order valence-electron chi connectivity index (χ3n) is 0.607. The van der Waals surface area contributed by atoms with E-state index in [1.807, 2.05) is 30.3 Å². The molecule has 0 unspecified atom stereocenters. The Morgan fingerprint density at radius 1 is 0.778 bits per heavy atom. The monoisotopic (exact) mass is 195 g/mol. The van der Waals surface area contributed by atoms with Crippen molar-refractivity contribution in [2.24, 2.45) is 0 Å². The summed E-state index contributed by atoms with van der Waals surface area (Å²) in [4.78, 5) is 0. The van der Waals surface area contributed by atoms with Gasteiger partial charge < -0.3 is 24.8 Å². The summed E-state index contributed by atoms with van der Waals surface area (Å²) >= 11 is 0. The molecule has 0 saturated heterocycles. The van der Waals surface area contributed by atoms with Crippen molar-refractivity contribution < 1.29 is 46.5 Å². The Morgan fingerprint density at radius 3 is 1.33 bits per heavy atom. The van der Waals surface area contributed by atoms with Gasteiger partial charge in [0, 0.05) is 0 Å². The van der Waals surface area contributed by atoms with E-state index in [2.05, 4.69) is 6.07 Å². The Bertz CT molecular complexity index is 83.0. The molecule has 0 spiro atoms. The maximum absolute atomic E-state index is 2.89. The van der Waals surface area contributed by atoms with Gasteiger partial charge in [0.2, 0.25) is 0 Å². The van der Waals surface area contributed by atoms with E-state index >= 15 is 0 Å². The Balaban J connectivity index is -0.000000120. The first-order valence-electron chi connectivity index (χ1n) is 1.91. The second-order valence-corrected chi connectivity index (χ2v) is 1.08. The predicted octanol–water partition coefficient (Wildman–Crippen LogP) is -4.51. The second-order valence-electron chi connectivity index (χ2n) is 1.08. The van der Waals surface area contributed by atoms with E-state index in [0.717, 1.165) is 0 Å². The molecule has 1 radical (unpaired) electrons. The fourth-order valence-electron chi connectivity index (χ4n) is 0.342. The summed E-state index contributed by atoms with van der Waals surface area (Å²) in [6, 6.07) is 12.5. The van der Waals surface area contributed by atoms with Crippen LogP contribution in [0.1, 0.15) is 0 Å². The SMILES string of the molecule is [Cl-].[Cl-].[Ti+3].[c-]1ccccc1. The summed E-state index contributed by atoms with van der Waals surface area (Å²) in [5.41, 5.74) is 0. The third kappa shape index (κ3) is 8.51.